The molecule has 25 heavy (non-hydrogen) atoms. The van der Waals surface area contributed by atoms with Gasteiger partial charge in [-0.15, -0.1) is 0 Å². The Morgan fingerprint density at radius 3 is 2.68 bits per heavy atom. The van der Waals surface area contributed by atoms with E-state index in [1.807, 2.05) is 51.1 Å². The molecule has 0 radical (unpaired) electrons. The molecule has 0 fully saturated rings. The Morgan fingerprint density at radius 2 is 1.92 bits per heavy atom. The van der Waals surface area contributed by atoms with Gasteiger partial charge in [0.15, 0.2) is 10.2 Å². The number of aromatic nitrogens is 2. The number of aryl methyl sites for hydroxylation is 3. The molecule has 0 bridgehead atoms. The zero-order valence-electron chi connectivity index (χ0n) is 14.4. The van der Waals surface area contributed by atoms with Crippen LogP contribution in [-0.4, -0.2) is 21.0 Å². The molecule has 0 aliphatic carbocycles. The topological polar surface area (TPSA) is 54.9 Å². The average Bonchev–Trinajstić information content (AvgIpc) is 3.05. The smallest absolute Gasteiger partial charge is 0.234 e. The van der Waals surface area contributed by atoms with E-state index in [4.69, 9.17) is 0 Å². The van der Waals surface area contributed by atoms with Crippen LogP contribution in [0.3, 0.4) is 0 Å². The normalized spacial score (nSPS) is 10.7. The van der Waals surface area contributed by atoms with Gasteiger partial charge in [-0.25, -0.2) is 4.98 Å². The summed E-state index contributed by atoms with van der Waals surface area (Å²) in [5, 5.41) is 2.95. The lowest BCUT2D eigenvalue weighted by molar-refractivity contribution is -0.113. The highest BCUT2D eigenvalue weighted by Crippen LogP contribution is 2.26. The number of carbonyl (C=O) groups excluding carboxylic acids is 1. The Balaban J connectivity index is 1.59. The molecule has 4 nitrogen and oxygen atoms in total. The van der Waals surface area contributed by atoms with Crippen LogP contribution < -0.4 is 5.32 Å². The third kappa shape index (κ3) is 4.67. The second kappa shape index (κ2) is 7.80. The zero-order chi connectivity index (χ0) is 17.8. The molecule has 0 unspecified atom stereocenters. The van der Waals surface area contributed by atoms with Crippen molar-refractivity contribution in [3.63, 3.8) is 0 Å². The van der Waals surface area contributed by atoms with Crippen molar-refractivity contribution >= 4 is 34.9 Å². The molecule has 1 aromatic heterocycles. The SMILES string of the molecule is Cc1cccc(-c2nsc(SCC(=O)Nc3ccc(C)cc3C)n2)c1. The maximum atomic E-state index is 12.2. The number of anilines is 1. The fourth-order valence-electron chi connectivity index (χ4n) is 2.44. The molecule has 2 aromatic carbocycles. The highest BCUT2D eigenvalue weighted by atomic mass is 32.2. The summed E-state index contributed by atoms with van der Waals surface area (Å²) in [5.41, 5.74) is 5.28. The number of nitrogens with one attached hydrogen (secondary N) is 1. The fourth-order valence-corrected chi connectivity index (χ4v) is 3.85. The van der Waals surface area contributed by atoms with Gasteiger partial charge in [-0.1, -0.05) is 53.2 Å². The molecule has 0 spiro atoms. The third-order valence-corrected chi connectivity index (χ3v) is 5.50. The van der Waals surface area contributed by atoms with E-state index < -0.39 is 0 Å². The Labute approximate surface area is 155 Å². The number of hydrogen-bond donors (Lipinski definition) is 1. The van der Waals surface area contributed by atoms with Gasteiger partial charge in [-0.3, -0.25) is 4.79 Å². The van der Waals surface area contributed by atoms with E-state index in [1.165, 1.54) is 34.4 Å². The predicted octanol–water partition coefficient (Wildman–Crippen LogP) is 4.86. The average molecular weight is 370 g/mol. The highest BCUT2D eigenvalue weighted by molar-refractivity contribution is 8.01. The molecule has 3 rings (SSSR count). The van der Waals surface area contributed by atoms with E-state index in [2.05, 4.69) is 26.8 Å². The van der Waals surface area contributed by atoms with E-state index in [0.717, 1.165) is 21.2 Å². The predicted molar refractivity (Wildman–Crippen MR) is 105 cm³/mol. The first-order chi connectivity index (χ1) is 12.0. The van der Waals surface area contributed by atoms with Gasteiger partial charge in [-0.05, 0) is 50.0 Å². The molecule has 0 atom stereocenters. The monoisotopic (exact) mass is 369 g/mol. The summed E-state index contributed by atoms with van der Waals surface area (Å²) in [5.74, 6) is 0.991. The minimum absolute atomic E-state index is 0.0377. The van der Waals surface area contributed by atoms with Crippen molar-refractivity contribution in [3.05, 3.63) is 59.2 Å². The Morgan fingerprint density at radius 1 is 1.12 bits per heavy atom. The Hall–Kier alpha value is -2.18. The molecular formula is C19H19N3OS2. The first-order valence-corrected chi connectivity index (χ1v) is 9.68. The standard InChI is InChI=1S/C19H19N3OS2/c1-12-5-4-6-15(10-12)18-21-19(25-22-18)24-11-17(23)20-16-8-7-13(2)9-14(16)3/h4-10H,11H2,1-3H3,(H,20,23). The van der Waals surface area contributed by atoms with Crippen molar-refractivity contribution in [3.8, 4) is 11.4 Å². The van der Waals surface area contributed by atoms with Crippen LogP contribution in [0.5, 0.6) is 0 Å². The van der Waals surface area contributed by atoms with Crippen molar-refractivity contribution in [1.29, 1.82) is 0 Å². The molecule has 0 aliphatic rings. The van der Waals surface area contributed by atoms with Crippen LogP contribution in [0.4, 0.5) is 5.69 Å². The van der Waals surface area contributed by atoms with E-state index in [0.29, 0.717) is 11.6 Å². The summed E-state index contributed by atoms with van der Waals surface area (Å²) in [6, 6.07) is 14.1. The van der Waals surface area contributed by atoms with Gasteiger partial charge in [0, 0.05) is 11.3 Å². The Kier molecular flexibility index (Phi) is 5.50. The minimum atomic E-state index is -0.0377. The Bertz CT molecular complexity index is 905. The molecular weight excluding hydrogens is 350 g/mol. The van der Waals surface area contributed by atoms with Crippen molar-refractivity contribution in [1.82, 2.24) is 9.36 Å². The van der Waals surface area contributed by atoms with Gasteiger partial charge in [0.1, 0.15) is 0 Å². The van der Waals surface area contributed by atoms with Gasteiger partial charge in [0.05, 0.1) is 5.75 Å². The summed E-state index contributed by atoms with van der Waals surface area (Å²) < 4.78 is 5.19. The largest absolute Gasteiger partial charge is 0.325 e. The summed E-state index contributed by atoms with van der Waals surface area (Å²) in [4.78, 5) is 16.7. The number of thioether (sulfide) groups is 1. The maximum Gasteiger partial charge on any atom is 0.234 e. The molecule has 6 heteroatoms. The second-order valence-corrected chi connectivity index (χ2v) is 7.88. The van der Waals surface area contributed by atoms with Crippen molar-refractivity contribution < 1.29 is 4.79 Å². The summed E-state index contributed by atoms with van der Waals surface area (Å²) in [6.07, 6.45) is 0. The van der Waals surface area contributed by atoms with Crippen LogP contribution in [0.1, 0.15) is 16.7 Å². The third-order valence-electron chi connectivity index (χ3n) is 3.67. The zero-order valence-corrected chi connectivity index (χ0v) is 16.0. The van der Waals surface area contributed by atoms with E-state index in [1.54, 1.807) is 0 Å². The minimum Gasteiger partial charge on any atom is -0.325 e. The van der Waals surface area contributed by atoms with Gasteiger partial charge in [0.2, 0.25) is 5.91 Å². The first-order valence-electron chi connectivity index (χ1n) is 7.92. The number of carbonyl (C=O) groups is 1. The summed E-state index contributed by atoms with van der Waals surface area (Å²) in [7, 11) is 0. The van der Waals surface area contributed by atoms with E-state index >= 15 is 0 Å². The summed E-state index contributed by atoms with van der Waals surface area (Å²) in [6.45, 7) is 6.08. The fraction of sp³-hybridized carbons (Fsp3) is 0.211. The lowest BCUT2D eigenvalue weighted by Gasteiger charge is -2.08. The molecule has 3 aromatic rings. The lowest BCUT2D eigenvalue weighted by Crippen LogP contribution is -2.14. The quantitative estimate of drug-likeness (QED) is 0.653. The molecule has 0 saturated heterocycles. The van der Waals surface area contributed by atoms with Gasteiger partial charge < -0.3 is 5.32 Å². The molecule has 1 amide bonds. The van der Waals surface area contributed by atoms with Crippen LogP contribution in [0.15, 0.2) is 46.8 Å². The molecule has 128 valence electrons. The van der Waals surface area contributed by atoms with E-state index in [-0.39, 0.29) is 5.91 Å². The van der Waals surface area contributed by atoms with Gasteiger partial charge in [-0.2, -0.15) is 4.37 Å². The molecule has 1 N–H and O–H groups in total. The number of amides is 1. The maximum absolute atomic E-state index is 12.2. The molecule has 0 saturated carbocycles. The summed E-state index contributed by atoms with van der Waals surface area (Å²) >= 11 is 2.73. The number of nitrogens with zero attached hydrogens (tertiary/aromatic N) is 2. The number of rotatable bonds is 5. The second-order valence-electron chi connectivity index (χ2n) is 5.91. The number of hydrogen-bond acceptors (Lipinski definition) is 5. The highest BCUT2D eigenvalue weighted by Gasteiger charge is 2.10. The molecule has 0 aliphatic heterocycles. The van der Waals surface area contributed by atoms with Gasteiger partial charge >= 0.3 is 0 Å². The number of benzene rings is 2. The van der Waals surface area contributed by atoms with Crippen molar-refractivity contribution in [2.45, 2.75) is 25.1 Å². The van der Waals surface area contributed by atoms with Crippen molar-refractivity contribution in [2.24, 2.45) is 0 Å². The van der Waals surface area contributed by atoms with Crippen LogP contribution in [0.25, 0.3) is 11.4 Å². The van der Waals surface area contributed by atoms with Crippen LogP contribution in [0.2, 0.25) is 0 Å². The van der Waals surface area contributed by atoms with E-state index in [9.17, 15) is 4.79 Å². The van der Waals surface area contributed by atoms with Crippen LogP contribution in [-0.2, 0) is 4.79 Å². The first kappa shape index (κ1) is 17.6. The van der Waals surface area contributed by atoms with Crippen LogP contribution >= 0.6 is 23.3 Å². The van der Waals surface area contributed by atoms with Gasteiger partial charge in [0.25, 0.3) is 0 Å². The van der Waals surface area contributed by atoms with Crippen molar-refractivity contribution in [2.75, 3.05) is 11.1 Å². The lowest BCUT2D eigenvalue weighted by atomic mass is 10.1. The van der Waals surface area contributed by atoms with Crippen LogP contribution in [0, 0.1) is 20.8 Å². The molecule has 1 heterocycles.